The lowest BCUT2D eigenvalue weighted by Gasteiger charge is -2.25. The first kappa shape index (κ1) is 18.6. The summed E-state index contributed by atoms with van der Waals surface area (Å²) >= 11 is 0. The van der Waals surface area contributed by atoms with Crippen molar-refractivity contribution in [3.63, 3.8) is 0 Å². The number of amides is 2. The molecule has 1 unspecified atom stereocenters. The van der Waals surface area contributed by atoms with Gasteiger partial charge in [-0.25, -0.2) is 0 Å². The van der Waals surface area contributed by atoms with E-state index >= 15 is 0 Å². The fourth-order valence-corrected chi connectivity index (χ4v) is 3.03. The minimum Gasteiger partial charge on any atom is -0.489 e. The van der Waals surface area contributed by atoms with Crippen LogP contribution in [0, 0.1) is 0 Å². The summed E-state index contributed by atoms with van der Waals surface area (Å²) in [4.78, 5) is 24.6. The van der Waals surface area contributed by atoms with Crippen molar-refractivity contribution in [2.24, 2.45) is 0 Å². The van der Waals surface area contributed by atoms with Crippen molar-refractivity contribution in [1.82, 2.24) is 0 Å². The van der Waals surface area contributed by atoms with Crippen LogP contribution in [0.5, 0.6) is 11.5 Å². The second-order valence-corrected chi connectivity index (χ2v) is 6.65. The molecule has 0 saturated heterocycles. The number of carbonyl (C=O) groups is 2. The number of nitrogens with one attached hydrogen (secondary N) is 2. The zero-order valence-electron chi connectivity index (χ0n) is 15.6. The molecule has 0 saturated carbocycles. The number of ether oxygens (including phenoxy) is 2. The van der Waals surface area contributed by atoms with Gasteiger partial charge in [0, 0.05) is 5.69 Å². The van der Waals surface area contributed by atoms with E-state index in [1.54, 1.807) is 18.2 Å². The fraction of sp³-hybridized carbons (Fsp3) is 0.130. The molecule has 0 aliphatic carbocycles. The van der Waals surface area contributed by atoms with Gasteiger partial charge >= 0.3 is 0 Å². The van der Waals surface area contributed by atoms with Crippen LogP contribution in [0.15, 0.2) is 78.9 Å². The first-order valence-electron chi connectivity index (χ1n) is 9.30. The Labute approximate surface area is 168 Å². The van der Waals surface area contributed by atoms with Crippen LogP contribution in [-0.4, -0.2) is 17.9 Å². The van der Waals surface area contributed by atoms with Crippen molar-refractivity contribution >= 4 is 23.2 Å². The van der Waals surface area contributed by atoms with Gasteiger partial charge in [0.25, 0.3) is 5.91 Å². The lowest BCUT2D eigenvalue weighted by atomic mass is 10.1. The second-order valence-electron chi connectivity index (χ2n) is 6.65. The van der Waals surface area contributed by atoms with E-state index < -0.39 is 6.10 Å². The van der Waals surface area contributed by atoms with E-state index in [-0.39, 0.29) is 18.2 Å². The summed E-state index contributed by atoms with van der Waals surface area (Å²) in [5, 5.41) is 5.58. The maximum atomic E-state index is 12.4. The summed E-state index contributed by atoms with van der Waals surface area (Å²) in [6, 6.07) is 24.1. The van der Waals surface area contributed by atoms with E-state index in [4.69, 9.17) is 9.47 Å². The van der Waals surface area contributed by atoms with Crippen molar-refractivity contribution in [1.29, 1.82) is 0 Å². The molecule has 0 fully saturated rings. The average molecular weight is 388 g/mol. The van der Waals surface area contributed by atoms with Gasteiger partial charge < -0.3 is 20.1 Å². The van der Waals surface area contributed by atoms with Crippen LogP contribution in [0.2, 0.25) is 0 Å². The zero-order valence-corrected chi connectivity index (χ0v) is 15.6. The lowest BCUT2D eigenvalue weighted by molar-refractivity contribution is -0.128. The molecule has 0 aromatic heterocycles. The maximum Gasteiger partial charge on any atom is 0.266 e. The SMILES string of the molecule is O=C(CC1Oc2ccccc2NC1=O)Nc1cccc(COc2ccccc2)c1. The van der Waals surface area contributed by atoms with E-state index in [0.29, 0.717) is 23.7 Å². The van der Waals surface area contributed by atoms with Crippen molar-refractivity contribution < 1.29 is 19.1 Å². The fourth-order valence-electron chi connectivity index (χ4n) is 3.03. The Morgan fingerprint density at radius 3 is 2.66 bits per heavy atom. The predicted octanol–water partition coefficient (Wildman–Crippen LogP) is 3.99. The minimum atomic E-state index is -0.866. The average Bonchev–Trinajstić information content (AvgIpc) is 2.74. The third kappa shape index (κ3) is 4.73. The summed E-state index contributed by atoms with van der Waals surface area (Å²) in [6.07, 6.45) is -0.945. The molecular weight excluding hydrogens is 368 g/mol. The topological polar surface area (TPSA) is 76.7 Å². The number of rotatable bonds is 6. The third-order valence-corrected chi connectivity index (χ3v) is 4.44. The Bertz CT molecular complexity index is 1020. The van der Waals surface area contributed by atoms with Crippen molar-refractivity contribution in [3.8, 4) is 11.5 Å². The molecule has 1 heterocycles. The Morgan fingerprint density at radius 1 is 1.00 bits per heavy atom. The van der Waals surface area contributed by atoms with Gasteiger partial charge in [0.05, 0.1) is 12.1 Å². The Balaban J connectivity index is 1.34. The van der Waals surface area contributed by atoms with E-state index in [1.165, 1.54) is 0 Å². The van der Waals surface area contributed by atoms with Crippen LogP contribution in [0.25, 0.3) is 0 Å². The van der Waals surface area contributed by atoms with Gasteiger partial charge in [0.2, 0.25) is 5.91 Å². The van der Waals surface area contributed by atoms with Crippen LogP contribution in [0.1, 0.15) is 12.0 Å². The molecule has 6 heteroatoms. The number of carbonyl (C=O) groups excluding carboxylic acids is 2. The molecule has 1 aliphatic heterocycles. The largest absolute Gasteiger partial charge is 0.489 e. The number of anilines is 2. The van der Waals surface area contributed by atoms with E-state index in [2.05, 4.69) is 10.6 Å². The summed E-state index contributed by atoms with van der Waals surface area (Å²) in [5.74, 6) is 0.710. The normalized spacial score (nSPS) is 14.9. The number of fused-ring (bicyclic) bond motifs is 1. The Hall–Kier alpha value is -3.80. The van der Waals surface area contributed by atoms with Crippen LogP contribution in [0.3, 0.4) is 0 Å². The van der Waals surface area contributed by atoms with Crippen LogP contribution >= 0.6 is 0 Å². The first-order valence-corrected chi connectivity index (χ1v) is 9.30. The van der Waals surface area contributed by atoms with Crippen LogP contribution < -0.4 is 20.1 Å². The molecular formula is C23H20N2O4. The van der Waals surface area contributed by atoms with Crippen molar-refractivity contribution in [2.45, 2.75) is 19.1 Å². The zero-order chi connectivity index (χ0) is 20.1. The van der Waals surface area contributed by atoms with Gasteiger partial charge in [0.15, 0.2) is 6.10 Å². The van der Waals surface area contributed by atoms with Gasteiger partial charge in [-0.05, 0) is 42.0 Å². The molecule has 0 bridgehead atoms. The number of para-hydroxylation sites is 3. The predicted molar refractivity (Wildman–Crippen MR) is 110 cm³/mol. The van der Waals surface area contributed by atoms with E-state index in [0.717, 1.165) is 11.3 Å². The van der Waals surface area contributed by atoms with Gasteiger partial charge in [-0.15, -0.1) is 0 Å². The highest BCUT2D eigenvalue weighted by Gasteiger charge is 2.29. The molecule has 3 aromatic rings. The second kappa shape index (κ2) is 8.48. The van der Waals surface area contributed by atoms with Crippen LogP contribution in [0.4, 0.5) is 11.4 Å². The number of hydrogen-bond donors (Lipinski definition) is 2. The van der Waals surface area contributed by atoms with Crippen molar-refractivity contribution in [2.75, 3.05) is 10.6 Å². The molecule has 0 spiro atoms. The molecule has 1 atom stereocenters. The highest BCUT2D eigenvalue weighted by atomic mass is 16.5. The number of benzene rings is 3. The first-order chi connectivity index (χ1) is 14.2. The summed E-state index contributed by atoms with van der Waals surface area (Å²) in [5.41, 5.74) is 2.17. The summed E-state index contributed by atoms with van der Waals surface area (Å²) < 4.78 is 11.4. The minimum absolute atomic E-state index is 0.0785. The standard InChI is InChI=1S/C23H20N2O4/c26-22(14-21-23(27)25-19-11-4-5-12-20(19)29-21)24-17-8-6-7-16(13-17)15-28-18-9-2-1-3-10-18/h1-13,21H,14-15H2,(H,24,26)(H,25,27). The lowest BCUT2D eigenvalue weighted by Crippen LogP contribution is -2.39. The van der Waals surface area contributed by atoms with E-state index in [9.17, 15) is 9.59 Å². The molecule has 146 valence electrons. The maximum absolute atomic E-state index is 12.4. The highest BCUT2D eigenvalue weighted by Crippen LogP contribution is 2.29. The Kier molecular flexibility index (Phi) is 5.42. The molecule has 4 rings (SSSR count). The molecule has 3 aromatic carbocycles. The molecule has 29 heavy (non-hydrogen) atoms. The molecule has 0 radical (unpaired) electrons. The van der Waals surface area contributed by atoms with Crippen molar-refractivity contribution in [3.05, 3.63) is 84.4 Å². The third-order valence-electron chi connectivity index (χ3n) is 4.44. The van der Waals surface area contributed by atoms with Gasteiger partial charge in [-0.1, -0.05) is 42.5 Å². The molecule has 6 nitrogen and oxygen atoms in total. The van der Waals surface area contributed by atoms with Gasteiger partial charge in [-0.3, -0.25) is 9.59 Å². The molecule has 2 amide bonds. The molecule has 1 aliphatic rings. The summed E-state index contributed by atoms with van der Waals surface area (Å²) in [6.45, 7) is 0.388. The number of hydrogen-bond acceptors (Lipinski definition) is 4. The van der Waals surface area contributed by atoms with Crippen LogP contribution in [-0.2, 0) is 16.2 Å². The summed E-state index contributed by atoms with van der Waals surface area (Å²) in [7, 11) is 0. The Morgan fingerprint density at radius 2 is 1.79 bits per heavy atom. The van der Waals surface area contributed by atoms with E-state index in [1.807, 2.05) is 60.7 Å². The monoisotopic (exact) mass is 388 g/mol. The highest BCUT2D eigenvalue weighted by molar-refractivity contribution is 6.01. The van der Waals surface area contributed by atoms with Gasteiger partial charge in [0.1, 0.15) is 18.1 Å². The van der Waals surface area contributed by atoms with Gasteiger partial charge in [-0.2, -0.15) is 0 Å². The quantitative estimate of drug-likeness (QED) is 0.669. The smallest absolute Gasteiger partial charge is 0.266 e. The molecule has 2 N–H and O–H groups in total.